The van der Waals surface area contributed by atoms with Crippen LogP contribution in [0.15, 0.2) is 0 Å². The van der Waals surface area contributed by atoms with Crippen molar-refractivity contribution >= 4 is 23.1 Å². The molecule has 4 heteroatoms. The molecule has 2 fully saturated rings. The van der Waals surface area contributed by atoms with E-state index in [1.807, 2.05) is 0 Å². The molecule has 0 radical (unpaired) electrons. The Balaban J connectivity index is 1.66. The van der Waals surface area contributed by atoms with Gasteiger partial charge in [0.25, 0.3) is 0 Å². The average Bonchev–Trinajstić information content (AvgIpc) is 2.52. The van der Waals surface area contributed by atoms with Gasteiger partial charge in [-0.15, -0.1) is 0 Å². The van der Waals surface area contributed by atoms with Crippen LogP contribution in [0, 0.1) is 11.8 Å². The van der Waals surface area contributed by atoms with Crippen molar-refractivity contribution in [3.8, 4) is 0 Å². The van der Waals surface area contributed by atoms with Crippen molar-refractivity contribution < 1.29 is 19.2 Å². The summed E-state index contributed by atoms with van der Waals surface area (Å²) in [5.74, 6) is -0.481. The van der Waals surface area contributed by atoms with Gasteiger partial charge in [0.05, 0.1) is 11.8 Å². The topological polar surface area (TPSA) is 68.3 Å². The molecule has 0 aromatic rings. The minimum absolute atomic E-state index is 0.0471. The molecule has 0 saturated heterocycles. The second kappa shape index (κ2) is 8.35. The highest BCUT2D eigenvalue weighted by molar-refractivity contribution is 6.03. The molecule has 2 rings (SSSR count). The lowest BCUT2D eigenvalue weighted by molar-refractivity contribution is -0.136. The summed E-state index contributed by atoms with van der Waals surface area (Å²) in [6.07, 6.45) is 8.31. The fourth-order valence-electron chi connectivity index (χ4n) is 3.59. The molecule has 0 spiro atoms. The van der Waals surface area contributed by atoms with Crippen LogP contribution in [0.4, 0.5) is 0 Å². The van der Waals surface area contributed by atoms with E-state index in [-0.39, 0.29) is 35.0 Å². The third-order valence-electron chi connectivity index (χ3n) is 4.98. The number of unbranched alkanes of at least 4 members (excludes halogenated alkanes) is 1. The van der Waals surface area contributed by atoms with Gasteiger partial charge in [0.1, 0.15) is 23.1 Å². The van der Waals surface area contributed by atoms with Crippen LogP contribution in [-0.2, 0) is 19.2 Å². The fraction of sp³-hybridized carbons (Fsp3) is 0.778. The summed E-state index contributed by atoms with van der Waals surface area (Å²) >= 11 is 0. The van der Waals surface area contributed by atoms with E-state index >= 15 is 0 Å². The van der Waals surface area contributed by atoms with Crippen LogP contribution in [0.5, 0.6) is 0 Å². The van der Waals surface area contributed by atoms with E-state index in [0.29, 0.717) is 51.4 Å². The first kappa shape index (κ1) is 17.0. The molecule has 0 aromatic heterocycles. The second-order valence-electron chi connectivity index (χ2n) is 6.67. The van der Waals surface area contributed by atoms with Crippen molar-refractivity contribution in [3.05, 3.63) is 0 Å². The number of ketones is 4. The molecule has 22 heavy (non-hydrogen) atoms. The maximum atomic E-state index is 12.0. The lowest BCUT2D eigenvalue weighted by atomic mass is 9.82. The molecule has 0 N–H and O–H groups in total. The highest BCUT2D eigenvalue weighted by Crippen LogP contribution is 2.25. The first-order chi connectivity index (χ1) is 10.6. The summed E-state index contributed by atoms with van der Waals surface area (Å²) in [5.41, 5.74) is 0. The Morgan fingerprint density at radius 1 is 0.727 bits per heavy atom. The summed E-state index contributed by atoms with van der Waals surface area (Å²) in [6.45, 7) is 0. The number of carbonyl (C=O) groups excluding carboxylic acids is 4. The van der Waals surface area contributed by atoms with E-state index < -0.39 is 0 Å². The van der Waals surface area contributed by atoms with E-state index in [0.717, 1.165) is 25.7 Å². The van der Waals surface area contributed by atoms with Gasteiger partial charge in [-0.3, -0.25) is 19.2 Å². The maximum Gasteiger partial charge on any atom is 0.143 e. The van der Waals surface area contributed by atoms with Crippen molar-refractivity contribution in [2.24, 2.45) is 11.8 Å². The van der Waals surface area contributed by atoms with Crippen molar-refractivity contribution in [1.82, 2.24) is 0 Å². The Kier molecular flexibility index (Phi) is 6.47. The molecule has 2 unspecified atom stereocenters. The molecule has 2 aliphatic carbocycles. The van der Waals surface area contributed by atoms with Crippen LogP contribution in [0.25, 0.3) is 0 Å². The van der Waals surface area contributed by atoms with Crippen molar-refractivity contribution in [3.63, 3.8) is 0 Å². The fourth-order valence-corrected chi connectivity index (χ4v) is 3.59. The number of hydrogen-bond acceptors (Lipinski definition) is 4. The van der Waals surface area contributed by atoms with Crippen LogP contribution in [-0.4, -0.2) is 23.1 Å². The summed E-state index contributed by atoms with van der Waals surface area (Å²) in [6, 6.07) is 0. The second-order valence-corrected chi connectivity index (χ2v) is 6.67. The molecule has 4 nitrogen and oxygen atoms in total. The predicted molar refractivity (Wildman–Crippen MR) is 82.4 cm³/mol. The predicted octanol–water partition coefficient (Wildman–Crippen LogP) is 3.20. The number of carbonyl (C=O) groups is 4. The van der Waals surface area contributed by atoms with Gasteiger partial charge < -0.3 is 0 Å². The Labute approximate surface area is 132 Å². The van der Waals surface area contributed by atoms with E-state index in [9.17, 15) is 19.2 Å². The zero-order chi connectivity index (χ0) is 15.9. The van der Waals surface area contributed by atoms with E-state index in [2.05, 4.69) is 0 Å². The third-order valence-corrected chi connectivity index (χ3v) is 4.98. The summed E-state index contributed by atoms with van der Waals surface area (Å²) in [7, 11) is 0. The van der Waals surface area contributed by atoms with Gasteiger partial charge in [-0.1, -0.05) is 12.8 Å². The van der Waals surface area contributed by atoms with E-state index in [1.165, 1.54) is 0 Å². The van der Waals surface area contributed by atoms with Gasteiger partial charge in [-0.2, -0.15) is 0 Å². The first-order valence-corrected chi connectivity index (χ1v) is 8.70. The van der Waals surface area contributed by atoms with Crippen LogP contribution in [0.1, 0.15) is 77.0 Å². The molecule has 2 atom stereocenters. The molecule has 2 saturated carbocycles. The molecular weight excluding hydrogens is 280 g/mol. The normalized spacial score (nSPS) is 26.0. The number of rotatable bonds is 7. The van der Waals surface area contributed by atoms with Gasteiger partial charge in [-0.25, -0.2) is 0 Å². The first-order valence-electron chi connectivity index (χ1n) is 8.70. The van der Waals surface area contributed by atoms with Crippen LogP contribution in [0.2, 0.25) is 0 Å². The van der Waals surface area contributed by atoms with Gasteiger partial charge in [0, 0.05) is 25.7 Å². The van der Waals surface area contributed by atoms with Crippen molar-refractivity contribution in [1.29, 1.82) is 0 Å². The molecule has 122 valence electrons. The lowest BCUT2D eigenvalue weighted by Crippen LogP contribution is -2.28. The zero-order valence-electron chi connectivity index (χ0n) is 13.3. The molecule has 0 heterocycles. The highest BCUT2D eigenvalue weighted by atomic mass is 16.2. The van der Waals surface area contributed by atoms with E-state index in [1.54, 1.807) is 0 Å². The van der Waals surface area contributed by atoms with E-state index in [4.69, 9.17) is 0 Å². The maximum absolute atomic E-state index is 12.0. The molecule has 0 aliphatic heterocycles. The Morgan fingerprint density at radius 2 is 1.14 bits per heavy atom. The lowest BCUT2D eigenvalue weighted by Gasteiger charge is -2.20. The number of hydrogen-bond donors (Lipinski definition) is 0. The summed E-state index contributed by atoms with van der Waals surface area (Å²) < 4.78 is 0. The Morgan fingerprint density at radius 3 is 1.50 bits per heavy atom. The van der Waals surface area contributed by atoms with Crippen molar-refractivity contribution in [2.75, 3.05) is 0 Å². The molecule has 0 amide bonds. The minimum atomic E-state index is -0.385. The van der Waals surface area contributed by atoms with Gasteiger partial charge >= 0.3 is 0 Å². The monoisotopic (exact) mass is 306 g/mol. The van der Waals surface area contributed by atoms with Gasteiger partial charge in [0.15, 0.2) is 0 Å². The minimum Gasteiger partial charge on any atom is -0.299 e. The van der Waals surface area contributed by atoms with Crippen molar-refractivity contribution in [2.45, 2.75) is 77.0 Å². The van der Waals surface area contributed by atoms with Crippen LogP contribution in [0.3, 0.4) is 0 Å². The smallest absolute Gasteiger partial charge is 0.143 e. The molecular formula is C18H26O4. The van der Waals surface area contributed by atoms with Gasteiger partial charge in [-0.05, 0) is 38.5 Å². The van der Waals surface area contributed by atoms with Crippen LogP contribution >= 0.6 is 0 Å². The average molecular weight is 306 g/mol. The summed E-state index contributed by atoms with van der Waals surface area (Å²) in [4.78, 5) is 47.5. The SMILES string of the molecule is O=C(CCCCC(=O)C1CCCCC1=O)C1CCCCC1=O. The Bertz CT molecular complexity index is 410. The largest absolute Gasteiger partial charge is 0.299 e. The molecule has 2 aliphatic rings. The standard InChI is InChI=1S/C18H26O4/c19-15-9-3-1-7-13(15)17(21)11-5-6-12-18(22)14-8-2-4-10-16(14)20/h13-14H,1-12H2. The quantitative estimate of drug-likeness (QED) is 0.535. The third kappa shape index (κ3) is 4.59. The molecule has 0 bridgehead atoms. The molecule has 0 aromatic carbocycles. The zero-order valence-corrected chi connectivity index (χ0v) is 13.3. The summed E-state index contributed by atoms with van der Waals surface area (Å²) in [5, 5.41) is 0. The Hall–Kier alpha value is -1.32. The number of Topliss-reactive ketones (excluding diaryl/α,β-unsaturated/α-hetero) is 4. The highest BCUT2D eigenvalue weighted by Gasteiger charge is 2.29. The van der Waals surface area contributed by atoms with Gasteiger partial charge in [0.2, 0.25) is 0 Å². The van der Waals surface area contributed by atoms with Crippen LogP contribution < -0.4 is 0 Å².